The molecule has 1 fully saturated rings. The number of thioether (sulfide) groups is 2. The number of ketones is 2. The zero-order valence-corrected chi connectivity index (χ0v) is 81.3. The maximum atomic E-state index is 15.8. The maximum absolute atomic E-state index is 15.8. The summed E-state index contributed by atoms with van der Waals surface area (Å²) in [5.74, 6) is -5.50. The monoisotopic (exact) mass is 1860 g/mol. The number of esters is 5. The summed E-state index contributed by atoms with van der Waals surface area (Å²) in [6.07, 6.45) is -1.86. The summed E-state index contributed by atoms with van der Waals surface area (Å²) in [7, 11) is 12.3. The molecule has 2 amide bonds. The van der Waals surface area contributed by atoms with Gasteiger partial charge in [-0.25, -0.2) is 16.4 Å². The van der Waals surface area contributed by atoms with Gasteiger partial charge >= 0.3 is 41.9 Å². The minimum Gasteiger partial charge on any atom is -0.480 e. The molecule has 9 unspecified atom stereocenters. The summed E-state index contributed by atoms with van der Waals surface area (Å²) in [5, 5.41) is 47.6. The van der Waals surface area contributed by atoms with E-state index in [1.54, 1.807) is 65.9 Å². The molecule has 0 aromatic carbocycles. The van der Waals surface area contributed by atoms with E-state index >= 15 is 24.0 Å². The topological polar surface area (TPSA) is 407 Å². The number of rotatable bonds is 65. The van der Waals surface area contributed by atoms with Crippen molar-refractivity contribution in [2.45, 2.75) is 270 Å². The van der Waals surface area contributed by atoms with Crippen molar-refractivity contribution < 1.29 is 125 Å². The first-order valence-corrected chi connectivity index (χ1v) is 49.0. The first kappa shape index (κ1) is 115. The lowest BCUT2D eigenvalue weighted by Gasteiger charge is -2.46. The lowest BCUT2D eigenvalue weighted by atomic mass is 9.58. The number of pyridine rings is 1. The molecule has 14 atom stereocenters. The fraction of sp³-hybridized carbons (Fsp3) is 0.798. The predicted molar refractivity (Wildman–Crippen MR) is 483 cm³/mol. The van der Waals surface area contributed by atoms with E-state index < -0.39 is 167 Å². The molecule has 700 valence electrons. The smallest absolute Gasteiger partial charge is 0.407 e. The molecular formula is C84H143N5O26P2S5. The fourth-order valence-electron chi connectivity index (χ4n) is 14.6. The number of ether oxygens (including phenoxy) is 12. The number of carbonyl (C=O) groups is 10. The first-order chi connectivity index (χ1) is 57.5. The van der Waals surface area contributed by atoms with Crippen LogP contribution in [0.4, 0.5) is 4.79 Å². The van der Waals surface area contributed by atoms with E-state index in [0.29, 0.717) is 59.3 Å². The largest absolute Gasteiger partial charge is 0.480 e. The molecule has 0 aliphatic carbocycles. The second-order valence-electron chi connectivity index (χ2n) is 33.4. The molecule has 1 aromatic heterocycles. The van der Waals surface area contributed by atoms with Crippen molar-refractivity contribution in [1.29, 1.82) is 0 Å². The Kier molecular flexibility index (Phi) is 57.8. The number of nitrogens with one attached hydrogen (secondary N) is 2. The molecule has 6 N–H and O–H groups in total. The molecule has 31 nitrogen and oxygen atoms in total. The Labute approximate surface area is 750 Å². The van der Waals surface area contributed by atoms with E-state index in [-0.39, 0.29) is 148 Å². The standard InChI is InChI=1S/C84H139N5O26S5.H4P2/c1-18-21-40-109-74(102)82(12,59-84(34-19-2,69(96)97)119-76(116)117-20-3)57-80(10,70(98)110-44-38-89(15)16)55-78(8,71(99)111-49-45-104-17)54-79(9,72(100)112-50-48-107-43-37-87-75(103)115-77(5,6)7)56-81(11,73(101)113-51-52-118-120-64-31-25-26-36-86-64)58-83(13,85-14)35-32-61(92)30-28-39-105-46-47-106-42-33-62(93)29-24-22-23-27-41-108-68-65(88-60(4)91)67(95)66(94)63(53-90)114-68;1-2/h25-26,31,36,63,65-68,90,94-95H,18-24,27-30,32-35,37-59H2,1-13,15-17H3,(H,87,103)(H,88,91)(H,96,97);1-2H2/t63-,65-,66+,67-,68-,78?,79?,80?,81?,82?,83?,84?;/m1./s1. The molecule has 1 aliphatic heterocycles. The molecule has 38 heteroatoms. The molecule has 0 saturated carbocycles. The number of carboxylic acid groups (broad SMARTS) is 1. The van der Waals surface area contributed by atoms with Gasteiger partial charge in [-0.1, -0.05) is 87.3 Å². The van der Waals surface area contributed by atoms with Crippen molar-refractivity contribution >= 4 is 138 Å². The number of aliphatic carboxylic acids is 1. The molecular weight excluding hydrogens is 1720 g/mol. The number of methoxy groups -OCH3 is 1. The SMILES string of the molecule is PP.[C-]#[N+]C(C)(CCC(=O)CCCOCCOCCC(=O)CCCCCCO[C@@H]1O[C@H](CO)[C@H](O)[C@H](O)[C@H]1NC(C)=O)CC(C)(CC(C)(CC(C)(CC(C)(CC(C)(CC(CCC)(SC(=S)SCC)C(=O)O)C(=O)OCCCC)C(=O)OCCN(C)C)C(=O)OCCOC)C(=O)OCCOCCNC(=O)OC(C)(C)C)C(=O)OCCSSc1ccccn1. The number of hydrogen-bond donors (Lipinski definition) is 6. The number of likely N-dealkylation sites (N-methyl/N-ethyl adjacent to an activating group) is 1. The summed E-state index contributed by atoms with van der Waals surface area (Å²) in [6, 6.07) is 4.40. The van der Waals surface area contributed by atoms with E-state index in [4.69, 9.17) is 75.6 Å². The van der Waals surface area contributed by atoms with Crippen molar-refractivity contribution in [2.75, 3.05) is 138 Å². The number of aromatic nitrogens is 1. The third kappa shape index (κ3) is 45.0. The Morgan fingerprint density at radius 1 is 0.615 bits per heavy atom. The summed E-state index contributed by atoms with van der Waals surface area (Å²) >= 11 is 8.00. The highest BCUT2D eigenvalue weighted by Crippen LogP contribution is 2.56. The lowest BCUT2D eigenvalue weighted by molar-refractivity contribution is -0.270. The fourth-order valence-corrected chi connectivity index (χ4v) is 19.5. The molecule has 1 aliphatic rings. The quantitative estimate of drug-likeness (QED) is 0.00671. The number of aliphatic hydroxyl groups excluding tert-OH is 3. The predicted octanol–water partition coefficient (Wildman–Crippen LogP) is 12.2. The number of nitrogens with zero attached hydrogens (tertiary/aromatic N) is 3. The maximum Gasteiger partial charge on any atom is 0.407 e. The molecule has 0 radical (unpaired) electrons. The van der Waals surface area contributed by atoms with E-state index in [0.717, 1.165) is 24.6 Å². The van der Waals surface area contributed by atoms with Crippen LogP contribution < -0.4 is 10.6 Å². The average Bonchev–Trinajstić information content (AvgIpc) is 0.752. The van der Waals surface area contributed by atoms with Gasteiger partial charge in [-0.3, -0.25) is 43.2 Å². The van der Waals surface area contributed by atoms with Crippen molar-refractivity contribution in [2.24, 2.45) is 27.1 Å². The third-order valence-electron chi connectivity index (χ3n) is 19.9. The van der Waals surface area contributed by atoms with Crippen molar-refractivity contribution in [3.05, 3.63) is 35.8 Å². The van der Waals surface area contributed by atoms with Crippen molar-refractivity contribution in [1.82, 2.24) is 20.5 Å². The van der Waals surface area contributed by atoms with Gasteiger partial charge in [0.05, 0.1) is 79.9 Å². The molecule has 1 aromatic rings. The number of unbranched alkanes of at least 4 members (excludes halogenated alkanes) is 4. The van der Waals surface area contributed by atoms with Gasteiger partial charge in [0.15, 0.2) is 6.29 Å². The number of aliphatic hydroxyl groups is 3. The van der Waals surface area contributed by atoms with Crippen LogP contribution in [0.5, 0.6) is 0 Å². The van der Waals surface area contributed by atoms with Gasteiger partial charge in [0, 0.05) is 97.7 Å². The van der Waals surface area contributed by atoms with Crippen LogP contribution in [0.1, 0.15) is 218 Å². The summed E-state index contributed by atoms with van der Waals surface area (Å²) in [5.41, 5.74) is -12.0. The zero-order valence-electron chi connectivity index (χ0n) is 74.9. The van der Waals surface area contributed by atoms with Gasteiger partial charge in [0.25, 0.3) is 0 Å². The number of hydrogen-bond acceptors (Lipinski definition) is 32. The Balaban J connectivity index is 0.0000369. The van der Waals surface area contributed by atoms with Crippen LogP contribution >= 0.6 is 75.2 Å². The molecule has 0 spiro atoms. The van der Waals surface area contributed by atoms with Crippen LogP contribution in [0.15, 0.2) is 29.4 Å². The zero-order chi connectivity index (χ0) is 92.2. The Bertz CT molecular complexity index is 3360. The Morgan fingerprint density at radius 3 is 1.68 bits per heavy atom. The first-order valence-electron chi connectivity index (χ1n) is 41.8. The van der Waals surface area contributed by atoms with Gasteiger partial charge in [0.2, 0.25) is 11.4 Å². The lowest BCUT2D eigenvalue weighted by Crippen LogP contribution is -2.64. The molecule has 2 heterocycles. The van der Waals surface area contributed by atoms with E-state index in [1.807, 2.05) is 32.9 Å². The van der Waals surface area contributed by atoms with E-state index in [9.17, 15) is 44.4 Å². The summed E-state index contributed by atoms with van der Waals surface area (Å²) in [6.45, 7) is 29.3. The van der Waals surface area contributed by atoms with Gasteiger partial charge < -0.3 is 97.6 Å². The molecule has 2 rings (SSSR count). The van der Waals surface area contributed by atoms with Crippen LogP contribution in [0.2, 0.25) is 0 Å². The Morgan fingerprint density at radius 2 is 1.15 bits per heavy atom. The molecule has 122 heavy (non-hydrogen) atoms. The normalized spacial score (nSPS) is 18.7. The van der Waals surface area contributed by atoms with E-state index in [2.05, 4.69) is 38.3 Å². The van der Waals surface area contributed by atoms with Crippen molar-refractivity contribution in [3.63, 3.8) is 0 Å². The van der Waals surface area contributed by atoms with Crippen LogP contribution in [0.3, 0.4) is 0 Å². The number of carbonyl (C=O) groups excluding carboxylic acids is 9. The van der Waals surface area contributed by atoms with Gasteiger partial charge in [-0.15, -0.1) is 29.6 Å². The van der Waals surface area contributed by atoms with Crippen LogP contribution in [-0.4, -0.2) is 278 Å². The van der Waals surface area contributed by atoms with Crippen LogP contribution in [0, 0.1) is 33.6 Å². The minimum atomic E-state index is -2.03. The minimum absolute atomic E-state index is 0.0214. The van der Waals surface area contributed by atoms with Gasteiger partial charge in [-0.2, -0.15) is 0 Å². The van der Waals surface area contributed by atoms with Crippen LogP contribution in [0.25, 0.3) is 4.85 Å². The summed E-state index contributed by atoms with van der Waals surface area (Å²) < 4.78 is 68.4. The summed E-state index contributed by atoms with van der Waals surface area (Å²) in [4.78, 5) is 153. The van der Waals surface area contributed by atoms with Gasteiger partial charge in [0.1, 0.15) is 81.3 Å². The van der Waals surface area contributed by atoms with E-state index in [1.165, 1.54) is 75.1 Å². The van der Waals surface area contributed by atoms with Crippen LogP contribution in [-0.2, 0) is 100.0 Å². The Hall–Kier alpha value is -4.51. The molecule has 0 bridgehead atoms. The average molecular weight is 1860 g/mol. The number of amides is 2. The second-order valence-corrected chi connectivity index (χ2v) is 39.7. The number of Topliss-reactive ketones (excluding diaryl/α,β-unsaturated/α-hetero) is 2. The highest BCUT2D eigenvalue weighted by atomic mass is 33.1. The highest BCUT2D eigenvalue weighted by molar-refractivity contribution is 8.76. The highest BCUT2D eigenvalue weighted by Gasteiger charge is 2.60. The third-order valence-corrected chi connectivity index (χ3v) is 25.0. The van der Waals surface area contributed by atoms with Crippen molar-refractivity contribution in [3.8, 4) is 0 Å². The molecule has 1 saturated heterocycles. The second kappa shape index (κ2) is 61.1. The number of alkyl carbamates (subject to hydrolysis) is 1. The number of thiocarbonyl (C=S) groups is 1. The number of carboxylic acids is 1. The van der Waals surface area contributed by atoms with Gasteiger partial charge in [-0.05, 0) is 162 Å².